The molecule has 2 aliphatic rings. The Bertz CT molecular complexity index is 689. The van der Waals surface area contributed by atoms with Gasteiger partial charge < -0.3 is 9.80 Å². The summed E-state index contributed by atoms with van der Waals surface area (Å²) in [5, 5.41) is 4.29. The number of hydrogen-bond donors (Lipinski definition) is 0. The maximum atomic E-state index is 13.1. The Morgan fingerprint density at radius 2 is 1.92 bits per heavy atom. The summed E-state index contributed by atoms with van der Waals surface area (Å²) in [6.45, 7) is 3.29. The number of likely N-dealkylation sites (tertiary alicyclic amines) is 1. The summed E-state index contributed by atoms with van der Waals surface area (Å²) in [6, 6.07) is 4.01. The fourth-order valence-corrected chi connectivity index (χ4v) is 3.99. The Labute approximate surface area is 147 Å². The van der Waals surface area contributed by atoms with Gasteiger partial charge in [-0.15, -0.1) is 0 Å². The van der Waals surface area contributed by atoms with E-state index in [4.69, 9.17) is 0 Å². The fourth-order valence-electron chi connectivity index (χ4n) is 3.99. The second-order valence-corrected chi connectivity index (χ2v) is 6.89. The molecule has 0 saturated carbocycles. The standard InChI is InChI=1S/C18H24N6O/c25-17(24-12-2-6-16(24)14-23-11-4-9-21-23)15-5-1-10-22(13-15)18-19-7-3-8-20-18/h3-4,7-9,11,15-16H,1-2,5-6,10,12-14H2/t15-,16-/m0/s1. The van der Waals surface area contributed by atoms with Crippen molar-refractivity contribution in [2.75, 3.05) is 24.5 Å². The summed E-state index contributed by atoms with van der Waals surface area (Å²) in [4.78, 5) is 26.0. The number of aromatic nitrogens is 4. The minimum atomic E-state index is 0.0378. The third-order valence-electron chi connectivity index (χ3n) is 5.22. The zero-order valence-electron chi connectivity index (χ0n) is 14.4. The van der Waals surface area contributed by atoms with E-state index in [2.05, 4.69) is 24.9 Å². The fraction of sp³-hybridized carbons (Fsp3) is 0.556. The number of carbonyl (C=O) groups is 1. The van der Waals surface area contributed by atoms with Crippen molar-refractivity contribution in [3.63, 3.8) is 0 Å². The molecule has 2 fully saturated rings. The normalized spacial score (nSPS) is 23.8. The zero-order chi connectivity index (χ0) is 17.1. The largest absolute Gasteiger partial charge is 0.340 e. The highest BCUT2D eigenvalue weighted by molar-refractivity contribution is 5.80. The SMILES string of the molecule is O=C([C@H]1CCCN(c2ncccn2)C1)N1CCC[C@H]1Cn1cccn1. The van der Waals surface area contributed by atoms with Gasteiger partial charge >= 0.3 is 0 Å². The van der Waals surface area contributed by atoms with Crippen molar-refractivity contribution in [1.29, 1.82) is 0 Å². The van der Waals surface area contributed by atoms with Gasteiger partial charge in [-0.2, -0.15) is 5.10 Å². The Hall–Kier alpha value is -2.44. The molecule has 2 atom stereocenters. The average molecular weight is 340 g/mol. The van der Waals surface area contributed by atoms with Crippen molar-refractivity contribution >= 4 is 11.9 Å². The molecular weight excluding hydrogens is 316 g/mol. The molecule has 0 unspecified atom stereocenters. The molecule has 4 rings (SSSR count). The molecule has 25 heavy (non-hydrogen) atoms. The molecule has 0 spiro atoms. The first-order valence-electron chi connectivity index (χ1n) is 9.11. The number of nitrogens with zero attached hydrogens (tertiary/aromatic N) is 6. The summed E-state index contributed by atoms with van der Waals surface area (Å²) in [5.74, 6) is 1.06. The van der Waals surface area contributed by atoms with Crippen LogP contribution in [-0.4, -0.2) is 56.2 Å². The van der Waals surface area contributed by atoms with E-state index in [1.54, 1.807) is 18.6 Å². The van der Waals surface area contributed by atoms with Gasteiger partial charge in [0.05, 0.1) is 18.5 Å². The van der Waals surface area contributed by atoms with Gasteiger partial charge in [-0.1, -0.05) is 0 Å². The van der Waals surface area contributed by atoms with Crippen molar-refractivity contribution in [2.24, 2.45) is 5.92 Å². The summed E-state index contributed by atoms with van der Waals surface area (Å²) in [5.41, 5.74) is 0. The van der Waals surface area contributed by atoms with Crippen molar-refractivity contribution < 1.29 is 4.79 Å². The Kier molecular flexibility index (Phi) is 4.63. The Balaban J connectivity index is 1.42. The monoisotopic (exact) mass is 340 g/mol. The van der Waals surface area contributed by atoms with E-state index in [0.717, 1.165) is 51.3 Å². The van der Waals surface area contributed by atoms with E-state index in [1.807, 2.05) is 23.0 Å². The third-order valence-corrected chi connectivity index (χ3v) is 5.22. The van der Waals surface area contributed by atoms with Crippen LogP contribution in [0.25, 0.3) is 0 Å². The average Bonchev–Trinajstić information content (AvgIpc) is 3.34. The Morgan fingerprint density at radius 1 is 1.08 bits per heavy atom. The molecule has 0 N–H and O–H groups in total. The van der Waals surface area contributed by atoms with Gasteiger partial charge in [0.25, 0.3) is 0 Å². The smallest absolute Gasteiger partial charge is 0.227 e. The van der Waals surface area contributed by atoms with E-state index in [0.29, 0.717) is 6.54 Å². The minimum absolute atomic E-state index is 0.0378. The topological polar surface area (TPSA) is 67.2 Å². The molecule has 4 heterocycles. The van der Waals surface area contributed by atoms with Gasteiger partial charge in [-0.3, -0.25) is 9.48 Å². The highest BCUT2D eigenvalue weighted by Crippen LogP contribution is 2.26. The summed E-state index contributed by atoms with van der Waals surface area (Å²) in [7, 11) is 0. The van der Waals surface area contributed by atoms with Gasteiger partial charge in [0.2, 0.25) is 11.9 Å². The summed E-state index contributed by atoms with van der Waals surface area (Å²) in [6.07, 6.45) is 11.4. The first-order valence-corrected chi connectivity index (χ1v) is 9.11. The lowest BCUT2D eigenvalue weighted by Crippen LogP contribution is -2.47. The lowest BCUT2D eigenvalue weighted by Gasteiger charge is -2.35. The van der Waals surface area contributed by atoms with Gasteiger partial charge in [0, 0.05) is 44.4 Å². The van der Waals surface area contributed by atoms with E-state index < -0.39 is 0 Å². The number of rotatable bonds is 4. The maximum Gasteiger partial charge on any atom is 0.227 e. The second kappa shape index (κ2) is 7.21. The third kappa shape index (κ3) is 3.50. The van der Waals surface area contributed by atoms with Crippen molar-refractivity contribution in [2.45, 2.75) is 38.3 Å². The van der Waals surface area contributed by atoms with Crippen LogP contribution in [0.1, 0.15) is 25.7 Å². The lowest BCUT2D eigenvalue weighted by molar-refractivity contribution is -0.136. The lowest BCUT2D eigenvalue weighted by atomic mass is 9.96. The van der Waals surface area contributed by atoms with E-state index >= 15 is 0 Å². The number of amides is 1. The zero-order valence-corrected chi connectivity index (χ0v) is 14.4. The molecule has 0 radical (unpaired) electrons. The minimum Gasteiger partial charge on any atom is -0.340 e. The van der Waals surface area contributed by atoms with E-state index in [9.17, 15) is 4.79 Å². The summed E-state index contributed by atoms with van der Waals surface area (Å²) < 4.78 is 1.93. The van der Waals surface area contributed by atoms with Crippen molar-refractivity contribution in [3.8, 4) is 0 Å². The molecular formula is C18H24N6O. The predicted octanol–water partition coefficient (Wildman–Crippen LogP) is 1.58. The second-order valence-electron chi connectivity index (χ2n) is 6.89. The number of anilines is 1. The first-order chi connectivity index (χ1) is 12.3. The van der Waals surface area contributed by atoms with Crippen LogP contribution in [-0.2, 0) is 11.3 Å². The van der Waals surface area contributed by atoms with Crippen LogP contribution >= 0.6 is 0 Å². The van der Waals surface area contributed by atoms with Gasteiger partial charge in [-0.25, -0.2) is 9.97 Å². The molecule has 0 bridgehead atoms. The van der Waals surface area contributed by atoms with Crippen molar-refractivity contribution in [3.05, 3.63) is 36.9 Å². The molecule has 2 aromatic heterocycles. The van der Waals surface area contributed by atoms with E-state index in [1.165, 1.54) is 0 Å². The first kappa shape index (κ1) is 16.1. The van der Waals surface area contributed by atoms with Gasteiger partial charge in [-0.05, 0) is 37.8 Å². The van der Waals surface area contributed by atoms with E-state index in [-0.39, 0.29) is 17.9 Å². The quantitative estimate of drug-likeness (QED) is 0.845. The molecule has 7 nitrogen and oxygen atoms in total. The molecule has 2 aromatic rings. The Morgan fingerprint density at radius 3 is 2.72 bits per heavy atom. The molecule has 2 aliphatic heterocycles. The predicted molar refractivity (Wildman–Crippen MR) is 93.9 cm³/mol. The van der Waals surface area contributed by atoms with Crippen LogP contribution in [0.3, 0.4) is 0 Å². The van der Waals surface area contributed by atoms with Crippen LogP contribution < -0.4 is 4.90 Å². The van der Waals surface area contributed by atoms with Crippen LogP contribution in [0.15, 0.2) is 36.9 Å². The van der Waals surface area contributed by atoms with Crippen LogP contribution in [0.5, 0.6) is 0 Å². The highest BCUT2D eigenvalue weighted by atomic mass is 16.2. The number of carbonyl (C=O) groups excluding carboxylic acids is 1. The van der Waals surface area contributed by atoms with Crippen molar-refractivity contribution in [1.82, 2.24) is 24.6 Å². The van der Waals surface area contributed by atoms with Gasteiger partial charge in [0.15, 0.2) is 0 Å². The molecule has 7 heteroatoms. The molecule has 132 valence electrons. The van der Waals surface area contributed by atoms with Crippen LogP contribution in [0, 0.1) is 5.92 Å². The van der Waals surface area contributed by atoms with Crippen LogP contribution in [0.2, 0.25) is 0 Å². The molecule has 0 aliphatic carbocycles. The van der Waals surface area contributed by atoms with Crippen LogP contribution in [0.4, 0.5) is 5.95 Å². The molecule has 0 aromatic carbocycles. The summed E-state index contributed by atoms with van der Waals surface area (Å²) >= 11 is 0. The number of hydrogen-bond acceptors (Lipinski definition) is 5. The molecule has 2 saturated heterocycles. The number of piperidine rings is 1. The highest BCUT2D eigenvalue weighted by Gasteiger charge is 2.35. The van der Waals surface area contributed by atoms with Gasteiger partial charge in [0.1, 0.15) is 0 Å². The molecule has 1 amide bonds. The maximum absolute atomic E-state index is 13.1.